The summed E-state index contributed by atoms with van der Waals surface area (Å²) in [6, 6.07) is 18.9. The van der Waals surface area contributed by atoms with Crippen molar-refractivity contribution in [1.29, 1.82) is 10.8 Å². The van der Waals surface area contributed by atoms with Gasteiger partial charge >= 0.3 is 0 Å². The van der Waals surface area contributed by atoms with Crippen LogP contribution in [0.2, 0.25) is 0 Å². The van der Waals surface area contributed by atoms with E-state index < -0.39 is 0 Å². The van der Waals surface area contributed by atoms with Gasteiger partial charge < -0.3 is 0 Å². The molecule has 0 aliphatic heterocycles. The van der Waals surface area contributed by atoms with E-state index in [0.717, 1.165) is 27.4 Å². The fraction of sp³-hybridized carbons (Fsp3) is 0.100. The molecular formula is C20H18ClN5S. The van der Waals surface area contributed by atoms with Crippen LogP contribution in [-0.2, 0) is 6.42 Å². The third-order valence-electron chi connectivity index (χ3n) is 3.94. The fourth-order valence-corrected chi connectivity index (χ4v) is 3.62. The molecule has 2 aromatic carbocycles. The summed E-state index contributed by atoms with van der Waals surface area (Å²) in [5.74, 6) is 0.221. The van der Waals surface area contributed by atoms with Gasteiger partial charge in [-0.1, -0.05) is 36.4 Å². The molecule has 3 aromatic rings. The lowest BCUT2D eigenvalue weighted by atomic mass is 10.1. The van der Waals surface area contributed by atoms with Crippen LogP contribution in [0.5, 0.6) is 0 Å². The lowest BCUT2D eigenvalue weighted by Gasteiger charge is -2.11. The van der Waals surface area contributed by atoms with E-state index in [-0.39, 0.29) is 11.3 Å². The molecule has 1 heterocycles. The van der Waals surface area contributed by atoms with Crippen LogP contribution in [0.25, 0.3) is 11.3 Å². The molecule has 0 fully saturated rings. The first-order chi connectivity index (χ1) is 13.1. The van der Waals surface area contributed by atoms with Crippen LogP contribution >= 0.6 is 23.4 Å². The highest BCUT2D eigenvalue weighted by Crippen LogP contribution is 2.31. The largest absolute Gasteiger partial charge is 0.286 e. The van der Waals surface area contributed by atoms with Crippen molar-refractivity contribution >= 4 is 41.6 Å². The van der Waals surface area contributed by atoms with Gasteiger partial charge in [0, 0.05) is 16.9 Å². The zero-order valence-corrected chi connectivity index (χ0v) is 16.1. The third-order valence-corrected chi connectivity index (χ3v) is 5.01. The van der Waals surface area contributed by atoms with Gasteiger partial charge in [0.25, 0.3) is 0 Å². The number of halogens is 1. The predicted octanol–water partition coefficient (Wildman–Crippen LogP) is 4.72. The number of nitrogens with zero attached hydrogens (tertiary/aromatic N) is 3. The molecule has 0 saturated carbocycles. The van der Waals surface area contributed by atoms with E-state index in [4.69, 9.17) is 22.4 Å². The molecular weight excluding hydrogens is 378 g/mol. The van der Waals surface area contributed by atoms with Crippen LogP contribution in [0.15, 0.2) is 70.6 Å². The molecule has 3 rings (SSSR count). The molecule has 1 aromatic heterocycles. The van der Waals surface area contributed by atoms with E-state index in [1.54, 1.807) is 12.1 Å². The second-order valence-electron chi connectivity index (χ2n) is 5.72. The standard InChI is InChI=1S/C20H18ClN5S/c1-24-17-8-7-14(11-18(17)27-13-21)12-20(23)26-19(22)10-9-16(25-26)15-5-3-2-4-6-15/h2-11,22-23H,1,12-13H2. The molecule has 27 heavy (non-hydrogen) atoms. The maximum Gasteiger partial charge on any atom is 0.148 e. The minimum absolute atomic E-state index is 0.166. The minimum atomic E-state index is 0.166. The van der Waals surface area contributed by atoms with Crippen LogP contribution in [0.4, 0.5) is 5.69 Å². The average Bonchev–Trinajstić information content (AvgIpc) is 2.69. The second kappa shape index (κ2) is 8.79. The quantitative estimate of drug-likeness (QED) is 0.274. The molecule has 0 radical (unpaired) electrons. The van der Waals surface area contributed by atoms with Crippen molar-refractivity contribution in [3.63, 3.8) is 0 Å². The van der Waals surface area contributed by atoms with Crippen LogP contribution in [0.3, 0.4) is 0 Å². The number of aliphatic imine (C=N–C) groups is 1. The van der Waals surface area contributed by atoms with Crippen molar-refractivity contribution < 1.29 is 0 Å². The van der Waals surface area contributed by atoms with Crippen molar-refractivity contribution in [2.24, 2.45) is 4.99 Å². The van der Waals surface area contributed by atoms with E-state index in [9.17, 15) is 0 Å². The van der Waals surface area contributed by atoms with Crippen molar-refractivity contribution in [3.8, 4) is 11.3 Å². The van der Waals surface area contributed by atoms with Crippen molar-refractivity contribution in [3.05, 3.63) is 71.7 Å². The summed E-state index contributed by atoms with van der Waals surface area (Å²) in [7, 11) is 0. The highest BCUT2D eigenvalue weighted by molar-refractivity contribution is 8.00. The Balaban J connectivity index is 1.89. The van der Waals surface area contributed by atoms with Crippen LogP contribution in [0, 0.1) is 10.8 Å². The zero-order chi connectivity index (χ0) is 19.2. The molecule has 0 amide bonds. The summed E-state index contributed by atoms with van der Waals surface area (Å²) in [5.41, 5.74) is 3.54. The van der Waals surface area contributed by atoms with Crippen molar-refractivity contribution in [2.75, 3.05) is 5.21 Å². The summed E-state index contributed by atoms with van der Waals surface area (Å²) in [5, 5.41) is 21.5. The van der Waals surface area contributed by atoms with Gasteiger partial charge in [0.1, 0.15) is 11.3 Å². The predicted molar refractivity (Wildman–Crippen MR) is 113 cm³/mol. The van der Waals surface area contributed by atoms with Gasteiger partial charge in [-0.2, -0.15) is 5.10 Å². The topological polar surface area (TPSA) is 77.9 Å². The fourth-order valence-electron chi connectivity index (χ4n) is 2.63. The Bertz CT molecular complexity index is 1030. The van der Waals surface area contributed by atoms with E-state index in [1.165, 1.54) is 16.4 Å². The molecule has 136 valence electrons. The summed E-state index contributed by atoms with van der Waals surface area (Å²) in [6.45, 7) is 3.57. The first kappa shape index (κ1) is 19.1. The van der Waals surface area contributed by atoms with E-state index in [1.807, 2.05) is 48.5 Å². The highest BCUT2D eigenvalue weighted by atomic mass is 35.5. The molecule has 5 nitrogen and oxygen atoms in total. The maximum absolute atomic E-state index is 8.45. The third kappa shape index (κ3) is 4.53. The Morgan fingerprint density at radius 1 is 1.15 bits per heavy atom. The van der Waals surface area contributed by atoms with Gasteiger partial charge in [-0.25, -0.2) is 4.68 Å². The number of hydrogen-bond acceptors (Lipinski definition) is 5. The summed E-state index contributed by atoms with van der Waals surface area (Å²) in [4.78, 5) is 4.92. The normalized spacial score (nSPS) is 10.6. The van der Waals surface area contributed by atoms with Crippen LogP contribution in [-0.4, -0.2) is 27.5 Å². The lowest BCUT2D eigenvalue weighted by molar-refractivity contribution is 0.799. The van der Waals surface area contributed by atoms with Gasteiger partial charge in [0.05, 0.1) is 16.6 Å². The van der Waals surface area contributed by atoms with Gasteiger partial charge in [0.15, 0.2) is 0 Å². The van der Waals surface area contributed by atoms with Gasteiger partial charge in [-0.05, 0) is 36.5 Å². The first-order valence-electron chi connectivity index (χ1n) is 8.19. The molecule has 0 saturated heterocycles. The maximum atomic E-state index is 8.45. The van der Waals surface area contributed by atoms with Crippen molar-refractivity contribution in [2.45, 2.75) is 11.3 Å². The Morgan fingerprint density at radius 2 is 1.93 bits per heavy atom. The number of alkyl halides is 1. The Labute approximate surface area is 166 Å². The zero-order valence-electron chi connectivity index (χ0n) is 14.5. The van der Waals surface area contributed by atoms with E-state index >= 15 is 0 Å². The lowest BCUT2D eigenvalue weighted by Crippen LogP contribution is -2.30. The van der Waals surface area contributed by atoms with Gasteiger partial charge in [0.2, 0.25) is 0 Å². The number of benzene rings is 2. The molecule has 0 aliphatic rings. The molecule has 0 aliphatic carbocycles. The molecule has 0 bridgehead atoms. The second-order valence-corrected chi connectivity index (χ2v) is 7.32. The number of nitrogens with one attached hydrogen (secondary N) is 2. The number of rotatable bonds is 6. The van der Waals surface area contributed by atoms with E-state index in [0.29, 0.717) is 11.6 Å². The summed E-state index contributed by atoms with van der Waals surface area (Å²) >= 11 is 7.30. The minimum Gasteiger partial charge on any atom is -0.286 e. The number of thioether (sulfide) groups is 1. The smallest absolute Gasteiger partial charge is 0.148 e. The molecule has 2 N–H and O–H groups in total. The Hall–Kier alpha value is -2.70. The van der Waals surface area contributed by atoms with Gasteiger partial charge in [-0.3, -0.25) is 15.8 Å². The highest BCUT2D eigenvalue weighted by Gasteiger charge is 2.09. The van der Waals surface area contributed by atoms with E-state index in [2.05, 4.69) is 16.8 Å². The first-order valence-corrected chi connectivity index (χ1v) is 9.71. The monoisotopic (exact) mass is 395 g/mol. The Morgan fingerprint density at radius 3 is 2.63 bits per heavy atom. The van der Waals surface area contributed by atoms with Crippen molar-refractivity contribution in [1.82, 2.24) is 9.78 Å². The van der Waals surface area contributed by atoms with Crippen LogP contribution < -0.4 is 5.49 Å². The summed E-state index contributed by atoms with van der Waals surface area (Å²) in [6.07, 6.45) is 0.342. The molecule has 0 unspecified atom stereocenters. The summed E-state index contributed by atoms with van der Waals surface area (Å²) < 4.78 is 1.36. The average molecular weight is 396 g/mol. The number of hydrogen-bond donors (Lipinski definition) is 2. The molecule has 0 spiro atoms. The van der Waals surface area contributed by atoms with Gasteiger partial charge in [-0.15, -0.1) is 23.4 Å². The molecule has 7 heteroatoms. The Kier molecular flexibility index (Phi) is 6.21. The van der Waals surface area contributed by atoms with Crippen LogP contribution in [0.1, 0.15) is 5.56 Å². The molecule has 0 atom stereocenters. The SMILES string of the molecule is C=Nc1ccc(CC(=N)n2nc(-c3ccccc3)ccc2=N)cc1SCCl. The number of aromatic nitrogens is 2.